The summed E-state index contributed by atoms with van der Waals surface area (Å²) in [5.41, 5.74) is 5.18. The first-order chi connectivity index (χ1) is 12.1. The molecule has 26 heavy (non-hydrogen) atoms. The van der Waals surface area contributed by atoms with Crippen LogP contribution in [0.25, 0.3) is 0 Å². The number of rotatable bonds is 7. The van der Waals surface area contributed by atoms with E-state index in [2.05, 4.69) is 43.1 Å². The first-order valence-corrected chi connectivity index (χ1v) is 9.16. The van der Waals surface area contributed by atoms with Gasteiger partial charge in [-0.15, -0.1) is 0 Å². The molecule has 0 unspecified atom stereocenters. The summed E-state index contributed by atoms with van der Waals surface area (Å²) in [7, 11) is 1.95. The Hall–Kier alpha value is -2.20. The molecule has 0 saturated carbocycles. The number of nitrogens with one attached hydrogen (secondary N) is 1. The highest BCUT2D eigenvalue weighted by atomic mass is 16.1. The largest absolute Gasteiger partial charge is 0.355 e. The lowest BCUT2D eigenvalue weighted by molar-refractivity contribution is 0.0856. The van der Waals surface area contributed by atoms with E-state index in [1.165, 1.54) is 18.1 Å². The number of Topliss-reactive ketones (excluding diaryl/α,β-unsaturated/α-hetero) is 2. The van der Waals surface area contributed by atoms with Crippen molar-refractivity contribution in [3.8, 4) is 0 Å². The maximum atomic E-state index is 12.9. The van der Waals surface area contributed by atoms with Crippen LogP contribution in [0.3, 0.4) is 0 Å². The Labute approximate surface area is 156 Å². The minimum Gasteiger partial charge on any atom is -0.355 e. The van der Waals surface area contributed by atoms with E-state index < -0.39 is 0 Å². The zero-order valence-corrected chi connectivity index (χ0v) is 16.9. The lowest BCUT2D eigenvalue weighted by atomic mass is 10.0. The topological polar surface area (TPSA) is 53.2 Å². The van der Waals surface area contributed by atoms with Crippen LogP contribution >= 0.6 is 0 Å². The second-order valence-corrected chi connectivity index (χ2v) is 7.53. The molecule has 4 nitrogen and oxygen atoms in total. The summed E-state index contributed by atoms with van der Waals surface area (Å²) in [6, 6.07) is 8.27. The quantitative estimate of drug-likeness (QED) is 0.736. The molecule has 1 aromatic carbocycles. The van der Waals surface area contributed by atoms with Crippen molar-refractivity contribution < 1.29 is 9.59 Å². The Balaban J connectivity index is 2.15. The molecule has 0 amide bonds. The number of aromatic nitrogens is 1. The number of carbonyl (C=O) groups excluding carboxylic acids is 2. The van der Waals surface area contributed by atoms with Crippen molar-refractivity contribution in [3.63, 3.8) is 0 Å². The molecular formula is C22H30N2O2. The van der Waals surface area contributed by atoms with E-state index in [0.29, 0.717) is 23.7 Å². The summed E-state index contributed by atoms with van der Waals surface area (Å²) in [5, 5.41) is 0. The van der Waals surface area contributed by atoms with Gasteiger partial charge in [0.05, 0.1) is 11.7 Å². The van der Waals surface area contributed by atoms with Crippen molar-refractivity contribution in [2.24, 2.45) is 0 Å². The van der Waals surface area contributed by atoms with Gasteiger partial charge in [-0.1, -0.05) is 38.1 Å². The molecule has 0 aliphatic heterocycles. The average molecular weight is 354 g/mol. The fourth-order valence-electron chi connectivity index (χ4n) is 3.37. The molecule has 140 valence electrons. The van der Waals surface area contributed by atoms with Crippen molar-refractivity contribution in [1.82, 2.24) is 9.88 Å². The lowest BCUT2D eigenvalue weighted by Gasteiger charge is -2.23. The second-order valence-electron chi connectivity index (χ2n) is 7.53. The highest BCUT2D eigenvalue weighted by Crippen LogP contribution is 2.21. The number of aromatic amines is 1. The highest BCUT2D eigenvalue weighted by molar-refractivity contribution is 6.05. The van der Waals surface area contributed by atoms with Crippen LogP contribution < -0.4 is 0 Å². The van der Waals surface area contributed by atoms with Gasteiger partial charge in [0.15, 0.2) is 11.6 Å². The molecule has 0 bridgehead atoms. The van der Waals surface area contributed by atoms with E-state index >= 15 is 0 Å². The van der Waals surface area contributed by atoms with Crippen molar-refractivity contribution >= 4 is 11.6 Å². The number of carbonyl (C=O) groups is 2. The van der Waals surface area contributed by atoms with Crippen LogP contribution in [0.2, 0.25) is 0 Å². The number of aryl methyl sites for hydroxylation is 1. The van der Waals surface area contributed by atoms with Gasteiger partial charge in [-0.2, -0.15) is 0 Å². The van der Waals surface area contributed by atoms with Crippen LogP contribution in [0.1, 0.15) is 76.8 Å². The number of hydrogen-bond acceptors (Lipinski definition) is 3. The van der Waals surface area contributed by atoms with E-state index in [1.807, 2.05) is 32.7 Å². The van der Waals surface area contributed by atoms with Crippen LogP contribution in [0, 0.1) is 13.8 Å². The van der Waals surface area contributed by atoms with Crippen LogP contribution in [-0.2, 0) is 6.54 Å². The first kappa shape index (κ1) is 20.1. The summed E-state index contributed by atoms with van der Waals surface area (Å²) in [5.74, 6) is 0.512. The maximum Gasteiger partial charge on any atom is 0.196 e. The van der Waals surface area contributed by atoms with Gasteiger partial charge in [-0.25, -0.2) is 0 Å². The van der Waals surface area contributed by atoms with Crippen LogP contribution in [0.4, 0.5) is 0 Å². The van der Waals surface area contributed by atoms with Crippen molar-refractivity contribution in [2.45, 2.75) is 60.0 Å². The molecule has 0 saturated heterocycles. The van der Waals surface area contributed by atoms with Crippen molar-refractivity contribution in [2.75, 3.05) is 7.05 Å². The Morgan fingerprint density at radius 3 is 2.12 bits per heavy atom. The fraction of sp³-hybridized carbons (Fsp3) is 0.455. The monoisotopic (exact) mass is 354 g/mol. The van der Waals surface area contributed by atoms with Crippen LogP contribution in [-0.4, -0.2) is 34.5 Å². The molecule has 0 aliphatic rings. The van der Waals surface area contributed by atoms with E-state index in [0.717, 1.165) is 11.3 Å². The van der Waals surface area contributed by atoms with Gasteiger partial charge in [-0.05, 0) is 57.4 Å². The number of likely N-dealkylation sites (N-methyl/N-ethyl adjacent to an activating group) is 1. The summed E-state index contributed by atoms with van der Waals surface area (Å²) >= 11 is 0. The molecule has 0 aliphatic carbocycles. The minimum absolute atomic E-state index is 0.0125. The zero-order chi connectivity index (χ0) is 19.6. The third-order valence-electron chi connectivity index (χ3n) is 5.15. The number of nitrogens with zero attached hydrogens (tertiary/aromatic N) is 1. The standard InChI is InChI=1S/C22H30N2O2/c1-13(2)19-10-8-18(9-11-19)12-24(7)16(5)22(26)21-14(3)20(17(6)25)15(4)23-21/h8-11,13,16,23H,12H2,1-7H3/t16-/m1/s1. The Morgan fingerprint density at radius 2 is 1.65 bits per heavy atom. The van der Waals surface area contributed by atoms with Crippen molar-refractivity contribution in [1.29, 1.82) is 0 Å². The molecule has 1 heterocycles. The van der Waals surface area contributed by atoms with Gasteiger partial charge in [0.2, 0.25) is 0 Å². The van der Waals surface area contributed by atoms with E-state index in [1.54, 1.807) is 0 Å². The molecule has 1 atom stereocenters. The lowest BCUT2D eigenvalue weighted by Crippen LogP contribution is -2.36. The zero-order valence-electron chi connectivity index (χ0n) is 16.9. The minimum atomic E-state index is -0.281. The molecule has 0 spiro atoms. The van der Waals surface area contributed by atoms with Gasteiger partial charge in [-0.3, -0.25) is 14.5 Å². The predicted molar refractivity (Wildman–Crippen MR) is 106 cm³/mol. The SMILES string of the molecule is CC(=O)c1c(C)[nH]c(C(=O)[C@@H](C)N(C)Cc2ccc(C(C)C)cc2)c1C. The van der Waals surface area contributed by atoms with Crippen LogP contribution in [0.5, 0.6) is 0 Å². The predicted octanol–water partition coefficient (Wildman–Crippen LogP) is 4.66. The van der Waals surface area contributed by atoms with Gasteiger partial charge in [0.1, 0.15) is 0 Å². The molecule has 0 fully saturated rings. The number of H-pyrrole nitrogens is 1. The Bertz CT molecular complexity index is 800. The normalized spacial score (nSPS) is 12.7. The van der Waals surface area contributed by atoms with Crippen molar-refractivity contribution in [3.05, 3.63) is 57.9 Å². The van der Waals surface area contributed by atoms with Gasteiger partial charge in [0.25, 0.3) is 0 Å². The Kier molecular flexibility index (Phi) is 6.19. The highest BCUT2D eigenvalue weighted by Gasteiger charge is 2.25. The first-order valence-electron chi connectivity index (χ1n) is 9.16. The molecule has 1 N–H and O–H groups in total. The third kappa shape index (κ3) is 4.13. The second kappa shape index (κ2) is 8.00. The summed E-state index contributed by atoms with van der Waals surface area (Å²) < 4.78 is 0. The van der Waals surface area contributed by atoms with Gasteiger partial charge >= 0.3 is 0 Å². The molecule has 0 radical (unpaired) electrons. The summed E-state index contributed by atoms with van der Waals surface area (Å²) in [6.45, 7) is 12.2. The fourth-order valence-corrected chi connectivity index (χ4v) is 3.37. The Morgan fingerprint density at radius 1 is 1.08 bits per heavy atom. The molecule has 2 aromatic rings. The molecular weight excluding hydrogens is 324 g/mol. The number of hydrogen-bond donors (Lipinski definition) is 1. The van der Waals surface area contributed by atoms with E-state index in [-0.39, 0.29) is 17.6 Å². The molecule has 4 heteroatoms. The van der Waals surface area contributed by atoms with Crippen LogP contribution in [0.15, 0.2) is 24.3 Å². The third-order valence-corrected chi connectivity index (χ3v) is 5.15. The van der Waals surface area contributed by atoms with Gasteiger partial charge < -0.3 is 4.98 Å². The number of benzene rings is 1. The summed E-state index contributed by atoms with van der Waals surface area (Å²) in [6.07, 6.45) is 0. The summed E-state index contributed by atoms with van der Waals surface area (Å²) in [4.78, 5) is 29.9. The molecule has 1 aromatic heterocycles. The van der Waals surface area contributed by atoms with E-state index in [9.17, 15) is 9.59 Å². The van der Waals surface area contributed by atoms with E-state index in [4.69, 9.17) is 0 Å². The average Bonchev–Trinajstić information content (AvgIpc) is 2.88. The smallest absolute Gasteiger partial charge is 0.196 e. The van der Waals surface area contributed by atoms with Gasteiger partial charge in [0, 0.05) is 17.8 Å². The number of ketones is 2. The maximum absolute atomic E-state index is 12.9. The molecule has 2 rings (SSSR count).